The Morgan fingerprint density at radius 2 is 1.96 bits per heavy atom. The minimum Gasteiger partial charge on any atom is -0.491 e. The molecule has 3 atom stereocenters. The fourth-order valence-corrected chi connectivity index (χ4v) is 4.16. The number of carbonyl (C=O) groups excluding carboxylic acids is 1. The molecule has 27 heavy (non-hydrogen) atoms. The molecule has 4 N–H and O–H groups in total. The van der Waals surface area contributed by atoms with Gasteiger partial charge in [0.2, 0.25) is 0 Å². The topological polar surface area (TPSA) is 84.6 Å². The van der Waals surface area contributed by atoms with Crippen molar-refractivity contribution in [3.05, 3.63) is 60.2 Å². The molecule has 0 radical (unpaired) electrons. The van der Waals surface area contributed by atoms with Crippen molar-refractivity contribution in [2.45, 2.75) is 31.3 Å². The maximum atomic E-state index is 12.8. The second-order valence-corrected chi connectivity index (χ2v) is 7.31. The number of piperidine rings is 1. The maximum Gasteiger partial charge on any atom is 0.140 e. The Labute approximate surface area is 160 Å². The van der Waals surface area contributed by atoms with Gasteiger partial charge in [0.15, 0.2) is 0 Å². The predicted molar refractivity (Wildman–Crippen MR) is 107 cm³/mol. The van der Waals surface area contributed by atoms with Crippen molar-refractivity contribution >= 4 is 11.5 Å². The van der Waals surface area contributed by atoms with Crippen LogP contribution in [0, 0.1) is 5.92 Å². The van der Waals surface area contributed by atoms with Crippen molar-refractivity contribution in [1.82, 2.24) is 5.32 Å². The Morgan fingerprint density at radius 1 is 1.26 bits per heavy atom. The summed E-state index contributed by atoms with van der Waals surface area (Å²) in [5.74, 6) is 0.842. The van der Waals surface area contributed by atoms with Gasteiger partial charge in [-0.1, -0.05) is 30.3 Å². The standard InChI is InChI=1S/C22H28N2O3/c1-16(25)22(17-5-3-2-4-6-17)11-12-24-14-18(22)13-20(26)15-27-21-9-7-19(23)8-10-21/h2-10,18,20,24,26H,11-15,23H2,1H3/t18-,20+,22-/m0/s1. The number of benzene rings is 2. The van der Waals surface area contributed by atoms with E-state index >= 15 is 0 Å². The summed E-state index contributed by atoms with van der Waals surface area (Å²) in [5, 5.41) is 14.0. The molecule has 0 saturated carbocycles. The van der Waals surface area contributed by atoms with Crippen LogP contribution in [0.15, 0.2) is 54.6 Å². The number of ether oxygens (including phenoxy) is 1. The summed E-state index contributed by atoms with van der Waals surface area (Å²) in [6, 6.07) is 17.1. The predicted octanol–water partition coefficient (Wildman–Crippen LogP) is 2.54. The number of anilines is 1. The smallest absolute Gasteiger partial charge is 0.140 e. The number of hydrogen-bond acceptors (Lipinski definition) is 5. The number of ketones is 1. The number of carbonyl (C=O) groups is 1. The molecule has 0 aliphatic carbocycles. The molecule has 2 aromatic rings. The molecule has 3 rings (SSSR count). The molecule has 2 aromatic carbocycles. The van der Waals surface area contributed by atoms with Crippen LogP contribution in [-0.4, -0.2) is 36.7 Å². The van der Waals surface area contributed by atoms with E-state index in [1.807, 2.05) is 30.3 Å². The van der Waals surface area contributed by atoms with Crippen LogP contribution in [0.5, 0.6) is 5.75 Å². The van der Waals surface area contributed by atoms with E-state index in [2.05, 4.69) is 5.32 Å². The summed E-state index contributed by atoms with van der Waals surface area (Å²) >= 11 is 0. The van der Waals surface area contributed by atoms with Gasteiger partial charge in [-0.05, 0) is 68.6 Å². The van der Waals surface area contributed by atoms with Crippen molar-refractivity contribution in [2.24, 2.45) is 5.92 Å². The molecular formula is C22H28N2O3. The van der Waals surface area contributed by atoms with Crippen molar-refractivity contribution < 1.29 is 14.6 Å². The van der Waals surface area contributed by atoms with Crippen LogP contribution in [-0.2, 0) is 10.2 Å². The van der Waals surface area contributed by atoms with Crippen LogP contribution in [0.25, 0.3) is 0 Å². The number of aliphatic hydroxyl groups excluding tert-OH is 1. The number of rotatable bonds is 7. The van der Waals surface area contributed by atoms with Crippen molar-refractivity contribution in [2.75, 3.05) is 25.4 Å². The summed E-state index contributed by atoms with van der Waals surface area (Å²) in [6.07, 6.45) is 0.578. The third-order valence-corrected chi connectivity index (χ3v) is 5.58. The van der Waals surface area contributed by atoms with Gasteiger partial charge in [-0.25, -0.2) is 0 Å². The lowest BCUT2D eigenvalue weighted by atomic mass is 9.62. The van der Waals surface area contributed by atoms with Gasteiger partial charge in [-0.15, -0.1) is 0 Å². The Hall–Kier alpha value is -2.37. The summed E-state index contributed by atoms with van der Waals surface area (Å²) < 4.78 is 5.69. The lowest BCUT2D eigenvalue weighted by Crippen LogP contribution is -2.53. The van der Waals surface area contributed by atoms with Crippen LogP contribution < -0.4 is 15.8 Å². The van der Waals surface area contributed by atoms with Gasteiger partial charge in [0.05, 0.1) is 11.5 Å². The summed E-state index contributed by atoms with van der Waals surface area (Å²) in [5.41, 5.74) is 6.82. The van der Waals surface area contributed by atoms with E-state index in [0.717, 1.165) is 18.5 Å². The molecule has 0 amide bonds. The zero-order valence-corrected chi connectivity index (χ0v) is 15.7. The first kappa shape index (κ1) is 19.4. The van der Waals surface area contributed by atoms with Gasteiger partial charge in [-0.3, -0.25) is 4.79 Å². The molecule has 0 aromatic heterocycles. The van der Waals surface area contributed by atoms with Gasteiger partial charge in [0.25, 0.3) is 0 Å². The Bertz CT molecular complexity index is 748. The molecular weight excluding hydrogens is 340 g/mol. The first-order valence-electron chi connectivity index (χ1n) is 9.46. The van der Waals surface area contributed by atoms with E-state index in [4.69, 9.17) is 10.5 Å². The molecule has 1 aliphatic rings. The molecule has 5 heteroatoms. The third-order valence-electron chi connectivity index (χ3n) is 5.58. The number of Topliss-reactive ketones (excluding diaryl/α,β-unsaturated/α-hetero) is 1. The zero-order chi connectivity index (χ0) is 19.3. The summed E-state index contributed by atoms with van der Waals surface area (Å²) in [4.78, 5) is 12.8. The van der Waals surface area contributed by atoms with E-state index in [0.29, 0.717) is 24.4 Å². The van der Waals surface area contributed by atoms with E-state index in [-0.39, 0.29) is 18.3 Å². The largest absolute Gasteiger partial charge is 0.491 e. The highest BCUT2D eigenvalue weighted by Crippen LogP contribution is 2.41. The maximum absolute atomic E-state index is 12.8. The van der Waals surface area contributed by atoms with Crippen LogP contribution in [0.1, 0.15) is 25.3 Å². The number of nitrogen functional groups attached to an aromatic ring is 1. The third kappa shape index (κ3) is 4.31. The average Bonchev–Trinajstić information content (AvgIpc) is 2.68. The van der Waals surface area contributed by atoms with Gasteiger partial charge in [0.1, 0.15) is 18.1 Å². The van der Waals surface area contributed by atoms with Gasteiger partial charge in [0, 0.05) is 5.69 Å². The van der Waals surface area contributed by atoms with Gasteiger partial charge >= 0.3 is 0 Å². The van der Waals surface area contributed by atoms with Crippen LogP contribution in [0.2, 0.25) is 0 Å². The molecule has 144 valence electrons. The highest BCUT2D eigenvalue weighted by atomic mass is 16.5. The van der Waals surface area contributed by atoms with E-state index < -0.39 is 11.5 Å². The minimum absolute atomic E-state index is 0.0103. The average molecular weight is 368 g/mol. The monoisotopic (exact) mass is 368 g/mol. The van der Waals surface area contributed by atoms with Gasteiger partial charge < -0.3 is 20.9 Å². The molecule has 0 spiro atoms. The molecule has 1 aliphatic heterocycles. The normalized spacial score (nSPS) is 23.6. The molecule has 1 heterocycles. The number of aliphatic hydroxyl groups is 1. The Kier molecular flexibility index (Phi) is 6.14. The summed E-state index contributed by atoms with van der Waals surface area (Å²) in [6.45, 7) is 3.35. The first-order chi connectivity index (χ1) is 13.0. The summed E-state index contributed by atoms with van der Waals surface area (Å²) in [7, 11) is 0. The Morgan fingerprint density at radius 3 is 2.63 bits per heavy atom. The van der Waals surface area contributed by atoms with E-state index in [9.17, 15) is 9.90 Å². The highest BCUT2D eigenvalue weighted by molar-refractivity contribution is 5.88. The molecule has 1 fully saturated rings. The lowest BCUT2D eigenvalue weighted by Gasteiger charge is -2.44. The van der Waals surface area contributed by atoms with Crippen LogP contribution in [0.3, 0.4) is 0 Å². The van der Waals surface area contributed by atoms with Crippen LogP contribution >= 0.6 is 0 Å². The van der Waals surface area contributed by atoms with Crippen LogP contribution in [0.4, 0.5) is 5.69 Å². The Balaban J connectivity index is 1.72. The minimum atomic E-state index is -0.658. The van der Waals surface area contributed by atoms with Gasteiger partial charge in [-0.2, -0.15) is 0 Å². The number of nitrogens with two attached hydrogens (primary N) is 1. The fourth-order valence-electron chi connectivity index (χ4n) is 4.16. The van der Waals surface area contributed by atoms with Crippen molar-refractivity contribution in [3.63, 3.8) is 0 Å². The van der Waals surface area contributed by atoms with Crippen molar-refractivity contribution in [3.8, 4) is 5.75 Å². The van der Waals surface area contributed by atoms with E-state index in [1.54, 1.807) is 31.2 Å². The SMILES string of the molecule is CC(=O)[C@]1(c2ccccc2)CCNC[C@@H]1C[C@@H](O)COc1ccc(N)cc1. The number of nitrogens with one attached hydrogen (secondary N) is 1. The van der Waals surface area contributed by atoms with E-state index in [1.165, 1.54) is 0 Å². The second-order valence-electron chi connectivity index (χ2n) is 7.31. The number of hydrogen-bond donors (Lipinski definition) is 3. The lowest BCUT2D eigenvalue weighted by molar-refractivity contribution is -0.126. The zero-order valence-electron chi connectivity index (χ0n) is 15.7. The van der Waals surface area contributed by atoms with Crippen molar-refractivity contribution in [1.29, 1.82) is 0 Å². The second kappa shape index (κ2) is 8.55. The molecule has 1 saturated heterocycles. The fraction of sp³-hybridized carbons (Fsp3) is 0.409. The molecule has 0 bridgehead atoms. The molecule has 5 nitrogen and oxygen atoms in total. The first-order valence-corrected chi connectivity index (χ1v) is 9.46. The highest BCUT2D eigenvalue weighted by Gasteiger charge is 2.46. The molecule has 0 unspecified atom stereocenters. The quantitative estimate of drug-likeness (QED) is 0.654.